The fourth-order valence-electron chi connectivity index (χ4n) is 6.73. The van der Waals surface area contributed by atoms with Crippen LogP contribution in [0.5, 0.6) is 5.75 Å². The quantitative estimate of drug-likeness (QED) is 0.363. The number of nitrogens with zero attached hydrogens (tertiary/aromatic N) is 1. The van der Waals surface area contributed by atoms with Gasteiger partial charge < -0.3 is 5.11 Å². The number of aryl methyl sites for hydroxylation is 2. The maximum Gasteiger partial charge on any atom is 0.238 e. The average Bonchev–Trinajstić information content (AvgIpc) is 3.17. The van der Waals surface area contributed by atoms with Gasteiger partial charge in [-0.25, -0.2) is 0 Å². The van der Waals surface area contributed by atoms with Gasteiger partial charge in [0.1, 0.15) is 5.75 Å². The first kappa shape index (κ1) is 24.3. The van der Waals surface area contributed by atoms with Gasteiger partial charge in [0.25, 0.3) is 0 Å². The Bertz CT molecular complexity index is 1520. The van der Waals surface area contributed by atoms with Crippen LogP contribution in [0.3, 0.4) is 0 Å². The number of allylic oxidation sites excluding steroid dienone is 6. The summed E-state index contributed by atoms with van der Waals surface area (Å²) in [5, 5.41) is 10.2. The summed E-state index contributed by atoms with van der Waals surface area (Å²) in [6.45, 7) is 5.50. The zero-order valence-electron chi connectivity index (χ0n) is 21.7. The third kappa shape index (κ3) is 3.46. The molecule has 38 heavy (non-hydrogen) atoms. The fraction of sp³-hybridized carbons (Fsp3) is 0.312. The highest BCUT2D eigenvalue weighted by atomic mass is 16.3. The van der Waals surface area contributed by atoms with E-state index in [0.29, 0.717) is 34.4 Å². The first-order valence-electron chi connectivity index (χ1n) is 13.2. The summed E-state index contributed by atoms with van der Waals surface area (Å²) in [5.74, 6) is -2.65. The van der Waals surface area contributed by atoms with Crippen LogP contribution in [-0.2, 0) is 25.6 Å². The van der Waals surface area contributed by atoms with Crippen molar-refractivity contribution in [3.05, 3.63) is 93.6 Å². The third-order valence-electron chi connectivity index (χ3n) is 8.72. The number of rotatable bonds is 3. The minimum absolute atomic E-state index is 0.149. The van der Waals surface area contributed by atoms with E-state index in [1.54, 1.807) is 26.0 Å². The molecule has 6 rings (SSSR count). The molecule has 192 valence electrons. The van der Waals surface area contributed by atoms with Crippen molar-refractivity contribution in [1.82, 2.24) is 0 Å². The predicted octanol–water partition coefficient (Wildman–Crippen LogP) is 4.90. The van der Waals surface area contributed by atoms with E-state index >= 15 is 0 Å². The molecule has 1 N–H and O–H groups in total. The van der Waals surface area contributed by atoms with E-state index in [0.717, 1.165) is 23.1 Å². The van der Waals surface area contributed by atoms with Gasteiger partial charge in [0.2, 0.25) is 11.8 Å². The van der Waals surface area contributed by atoms with E-state index in [1.807, 2.05) is 36.4 Å². The Morgan fingerprint density at radius 1 is 0.947 bits per heavy atom. The standard InChI is InChI=1S/C32H29NO5/c1-4-18-5-8-20(9-6-18)33-31(37)22-11-10-21-23(28(22)32(33)38)15-24-26(35)14-17(3)30(36)29(24)27(21)19-7-12-25(34)16(2)13-19/h5-10,12-14,22-23,27-28,34H,4,11,15H2,1-3H3/t22-,23+,27-,28-/m0/s1. The lowest BCUT2D eigenvalue weighted by Crippen LogP contribution is -2.39. The Morgan fingerprint density at radius 2 is 1.68 bits per heavy atom. The number of ketones is 2. The Kier molecular flexibility index (Phi) is 5.60. The summed E-state index contributed by atoms with van der Waals surface area (Å²) in [7, 11) is 0. The third-order valence-corrected chi connectivity index (χ3v) is 8.72. The second kappa shape index (κ2) is 8.76. The van der Waals surface area contributed by atoms with Gasteiger partial charge in [0, 0.05) is 22.6 Å². The van der Waals surface area contributed by atoms with Crippen molar-refractivity contribution in [2.45, 2.75) is 46.0 Å². The summed E-state index contributed by atoms with van der Waals surface area (Å²) >= 11 is 0. The van der Waals surface area contributed by atoms with E-state index in [2.05, 4.69) is 6.92 Å². The van der Waals surface area contributed by atoms with Crippen molar-refractivity contribution in [1.29, 1.82) is 0 Å². The smallest absolute Gasteiger partial charge is 0.238 e. The number of fused-ring (bicyclic) bond motifs is 3. The highest BCUT2D eigenvalue weighted by molar-refractivity contribution is 6.25. The van der Waals surface area contributed by atoms with Crippen molar-refractivity contribution in [2.24, 2.45) is 17.8 Å². The second-order valence-electron chi connectivity index (χ2n) is 10.8. The van der Waals surface area contributed by atoms with Gasteiger partial charge >= 0.3 is 0 Å². The van der Waals surface area contributed by atoms with Crippen LogP contribution in [0, 0.1) is 24.7 Å². The van der Waals surface area contributed by atoms with Gasteiger partial charge in [-0.05, 0) is 80.0 Å². The Balaban J connectivity index is 1.47. The molecule has 0 spiro atoms. The van der Waals surface area contributed by atoms with Gasteiger partial charge in [0.05, 0.1) is 17.5 Å². The number of amides is 2. The molecule has 0 bridgehead atoms. The zero-order valence-corrected chi connectivity index (χ0v) is 21.7. The van der Waals surface area contributed by atoms with Gasteiger partial charge in [-0.1, -0.05) is 42.8 Å². The molecule has 1 fully saturated rings. The molecule has 0 unspecified atom stereocenters. The van der Waals surface area contributed by atoms with Crippen molar-refractivity contribution in [3.8, 4) is 5.75 Å². The minimum Gasteiger partial charge on any atom is -0.508 e. The first-order chi connectivity index (χ1) is 18.2. The maximum atomic E-state index is 13.9. The fourth-order valence-corrected chi connectivity index (χ4v) is 6.73. The summed E-state index contributed by atoms with van der Waals surface area (Å²) in [6, 6.07) is 12.7. The molecule has 1 saturated heterocycles. The summed E-state index contributed by atoms with van der Waals surface area (Å²) in [6.07, 6.45) is 4.92. The van der Waals surface area contributed by atoms with E-state index in [4.69, 9.17) is 0 Å². The number of Topliss-reactive ketones (excluding diaryl/α,β-unsaturated/α-hetero) is 1. The summed E-state index contributed by atoms with van der Waals surface area (Å²) in [5.41, 5.74) is 5.36. The van der Waals surface area contributed by atoms with Crippen molar-refractivity contribution < 1.29 is 24.3 Å². The molecule has 1 aliphatic heterocycles. The molecule has 0 aromatic heterocycles. The molecular formula is C32H29NO5. The lowest BCUT2D eigenvalue weighted by Gasteiger charge is -2.42. The number of hydrogen-bond donors (Lipinski definition) is 1. The van der Waals surface area contributed by atoms with Crippen LogP contribution in [0.25, 0.3) is 0 Å². The highest BCUT2D eigenvalue weighted by Crippen LogP contribution is 2.55. The number of benzene rings is 2. The number of imide groups is 1. The van der Waals surface area contributed by atoms with Crippen LogP contribution in [-0.4, -0.2) is 28.5 Å². The van der Waals surface area contributed by atoms with Crippen molar-refractivity contribution in [3.63, 3.8) is 0 Å². The number of carbonyl (C=O) groups excluding carboxylic acids is 4. The summed E-state index contributed by atoms with van der Waals surface area (Å²) < 4.78 is 0. The van der Waals surface area contributed by atoms with Crippen molar-refractivity contribution in [2.75, 3.05) is 4.90 Å². The van der Waals surface area contributed by atoms with Crippen LogP contribution >= 0.6 is 0 Å². The molecular weight excluding hydrogens is 478 g/mol. The van der Waals surface area contributed by atoms with Gasteiger partial charge in [-0.2, -0.15) is 0 Å². The second-order valence-corrected chi connectivity index (χ2v) is 10.8. The lowest BCUT2D eigenvalue weighted by molar-refractivity contribution is -0.123. The number of phenolic OH excluding ortho intramolecular Hbond substituents is 1. The predicted molar refractivity (Wildman–Crippen MR) is 142 cm³/mol. The van der Waals surface area contributed by atoms with Gasteiger partial charge in [-0.15, -0.1) is 0 Å². The average molecular weight is 508 g/mol. The molecule has 4 aliphatic rings. The first-order valence-corrected chi connectivity index (χ1v) is 13.2. The molecule has 2 aromatic rings. The molecule has 6 nitrogen and oxygen atoms in total. The number of hydrogen-bond acceptors (Lipinski definition) is 5. The van der Waals surface area contributed by atoms with E-state index in [-0.39, 0.29) is 41.5 Å². The van der Waals surface area contributed by atoms with E-state index in [1.165, 1.54) is 11.0 Å². The largest absolute Gasteiger partial charge is 0.508 e. The molecule has 4 atom stereocenters. The van der Waals surface area contributed by atoms with Gasteiger partial charge in [-0.3, -0.25) is 24.1 Å². The topological polar surface area (TPSA) is 91.8 Å². The van der Waals surface area contributed by atoms with E-state index < -0.39 is 17.8 Å². The molecule has 0 radical (unpaired) electrons. The molecule has 2 aromatic carbocycles. The maximum absolute atomic E-state index is 13.9. The zero-order chi connectivity index (χ0) is 26.9. The number of aromatic hydroxyl groups is 1. The normalized spacial score (nSPS) is 26.7. The van der Waals surface area contributed by atoms with Crippen LogP contribution in [0.1, 0.15) is 49.3 Å². The van der Waals surface area contributed by atoms with Crippen LogP contribution in [0.15, 0.2) is 76.9 Å². The Morgan fingerprint density at radius 3 is 2.37 bits per heavy atom. The van der Waals surface area contributed by atoms with Crippen LogP contribution < -0.4 is 4.90 Å². The molecule has 3 aliphatic carbocycles. The van der Waals surface area contributed by atoms with E-state index in [9.17, 15) is 24.3 Å². The molecule has 6 heteroatoms. The van der Waals surface area contributed by atoms with Crippen molar-refractivity contribution >= 4 is 29.1 Å². The number of carbonyl (C=O) groups is 4. The molecule has 0 saturated carbocycles. The lowest BCUT2D eigenvalue weighted by atomic mass is 9.59. The Labute approximate surface area is 221 Å². The summed E-state index contributed by atoms with van der Waals surface area (Å²) in [4.78, 5) is 55.5. The van der Waals surface area contributed by atoms with Gasteiger partial charge in [0.15, 0.2) is 11.6 Å². The Hall–Kier alpha value is -4.06. The number of anilines is 1. The minimum atomic E-state index is -0.599. The highest BCUT2D eigenvalue weighted by Gasteiger charge is 2.56. The van der Waals surface area contributed by atoms with Crippen LogP contribution in [0.4, 0.5) is 5.69 Å². The van der Waals surface area contributed by atoms with Crippen LogP contribution in [0.2, 0.25) is 0 Å². The monoisotopic (exact) mass is 507 g/mol. The molecule has 2 amide bonds. The number of phenols is 1. The molecule has 1 heterocycles. The SMILES string of the molecule is CCc1ccc(N2C(=O)[C@H]3[C@H](CC=C4[C@H](c5ccc(O)c(C)c5)C5=C(C[C@H]43)C(=O)C=C(C)C5=O)C2=O)cc1.